The van der Waals surface area contributed by atoms with E-state index in [1.165, 1.54) is 0 Å². The Morgan fingerprint density at radius 2 is 1.91 bits per heavy atom. The average Bonchev–Trinajstić information content (AvgIpc) is 2.53. The van der Waals surface area contributed by atoms with Gasteiger partial charge in [-0.25, -0.2) is 8.78 Å². The molecule has 0 saturated carbocycles. The Kier molecular flexibility index (Phi) is 6.92. The molecule has 0 aromatic heterocycles. The summed E-state index contributed by atoms with van der Waals surface area (Å²) in [5, 5.41) is 3.11. The first-order chi connectivity index (χ1) is 11.0. The molecule has 1 atom stereocenters. The molecular weight excluding hydrogens is 300 g/mol. The summed E-state index contributed by atoms with van der Waals surface area (Å²) in [6.07, 6.45) is 0.221. The quantitative estimate of drug-likeness (QED) is 0.766. The van der Waals surface area contributed by atoms with Crippen molar-refractivity contribution in [3.8, 4) is 0 Å². The fourth-order valence-corrected chi connectivity index (χ4v) is 3.03. The van der Waals surface area contributed by atoms with Crippen LogP contribution in [0.1, 0.15) is 24.8 Å². The Labute approximate surface area is 136 Å². The lowest BCUT2D eigenvalue weighted by Crippen LogP contribution is -2.49. The molecule has 1 aromatic carbocycles. The summed E-state index contributed by atoms with van der Waals surface area (Å²) in [6, 6.07) is 8.99. The number of carbonyl (C=O) groups excluding carboxylic acids is 1. The van der Waals surface area contributed by atoms with Crippen LogP contribution in [0.25, 0.3) is 0 Å². The van der Waals surface area contributed by atoms with E-state index in [1.807, 2.05) is 35.2 Å². The standard InChI is InChI=1S/C17H25F2N3O/c18-17(19)15(7-6-13-4-2-1-3-5-13)21-14-8-10-22(11-9-14)12-16(20)23/h1-5,14-15,17,21H,6-12H2,(H2,20,23)/t15-/m0/s1. The minimum absolute atomic E-state index is 0.0777. The normalized spacial score (nSPS) is 18.2. The van der Waals surface area contributed by atoms with Gasteiger partial charge in [-0.15, -0.1) is 0 Å². The molecule has 2 rings (SSSR count). The van der Waals surface area contributed by atoms with Crippen LogP contribution in [0.2, 0.25) is 0 Å². The van der Waals surface area contributed by atoms with E-state index < -0.39 is 12.5 Å². The Morgan fingerprint density at radius 3 is 2.48 bits per heavy atom. The minimum atomic E-state index is -2.37. The zero-order valence-electron chi connectivity index (χ0n) is 13.3. The number of hydrogen-bond donors (Lipinski definition) is 2. The van der Waals surface area contributed by atoms with Crippen LogP contribution >= 0.6 is 0 Å². The fraction of sp³-hybridized carbons (Fsp3) is 0.588. The second-order valence-corrected chi connectivity index (χ2v) is 6.15. The highest BCUT2D eigenvalue weighted by Crippen LogP contribution is 2.16. The maximum absolute atomic E-state index is 13.3. The summed E-state index contributed by atoms with van der Waals surface area (Å²) in [7, 11) is 0. The minimum Gasteiger partial charge on any atom is -0.369 e. The van der Waals surface area contributed by atoms with Crippen LogP contribution in [-0.2, 0) is 11.2 Å². The molecule has 1 aromatic rings. The third-order valence-electron chi connectivity index (χ3n) is 4.31. The lowest BCUT2D eigenvalue weighted by molar-refractivity contribution is -0.119. The fourth-order valence-electron chi connectivity index (χ4n) is 3.03. The van der Waals surface area contributed by atoms with E-state index >= 15 is 0 Å². The molecule has 0 radical (unpaired) electrons. The molecule has 1 amide bonds. The van der Waals surface area contributed by atoms with Crippen LogP contribution in [0.3, 0.4) is 0 Å². The highest BCUT2D eigenvalue weighted by molar-refractivity contribution is 5.75. The molecule has 128 valence electrons. The van der Waals surface area contributed by atoms with Gasteiger partial charge in [0.2, 0.25) is 5.91 Å². The van der Waals surface area contributed by atoms with Crippen LogP contribution in [0.5, 0.6) is 0 Å². The summed E-state index contributed by atoms with van der Waals surface area (Å²) < 4.78 is 26.5. The van der Waals surface area contributed by atoms with Crippen molar-refractivity contribution in [1.82, 2.24) is 10.2 Å². The Morgan fingerprint density at radius 1 is 1.26 bits per heavy atom. The van der Waals surface area contributed by atoms with Gasteiger partial charge in [-0.2, -0.15) is 0 Å². The lowest BCUT2D eigenvalue weighted by Gasteiger charge is -2.33. The first kappa shape index (κ1) is 17.8. The molecule has 1 heterocycles. The third kappa shape index (κ3) is 6.23. The number of nitrogens with zero attached hydrogens (tertiary/aromatic N) is 1. The maximum Gasteiger partial charge on any atom is 0.253 e. The zero-order chi connectivity index (χ0) is 16.7. The number of halogens is 2. The van der Waals surface area contributed by atoms with Crippen molar-refractivity contribution < 1.29 is 13.6 Å². The molecule has 0 bridgehead atoms. The van der Waals surface area contributed by atoms with Gasteiger partial charge in [-0.3, -0.25) is 9.69 Å². The van der Waals surface area contributed by atoms with Crippen LogP contribution in [0, 0.1) is 0 Å². The van der Waals surface area contributed by atoms with E-state index in [0.717, 1.165) is 31.5 Å². The summed E-state index contributed by atoms with van der Waals surface area (Å²) >= 11 is 0. The molecule has 4 nitrogen and oxygen atoms in total. The highest BCUT2D eigenvalue weighted by atomic mass is 19.3. The van der Waals surface area contributed by atoms with Gasteiger partial charge >= 0.3 is 0 Å². The van der Waals surface area contributed by atoms with E-state index in [2.05, 4.69) is 5.32 Å². The second kappa shape index (κ2) is 8.93. The van der Waals surface area contributed by atoms with Gasteiger partial charge in [-0.1, -0.05) is 30.3 Å². The van der Waals surface area contributed by atoms with Gasteiger partial charge in [0.1, 0.15) is 0 Å². The number of alkyl halides is 2. The van der Waals surface area contributed by atoms with Gasteiger partial charge in [0.25, 0.3) is 6.43 Å². The Bertz CT molecular complexity index is 476. The third-order valence-corrected chi connectivity index (χ3v) is 4.31. The van der Waals surface area contributed by atoms with Crippen molar-refractivity contribution in [2.75, 3.05) is 19.6 Å². The van der Waals surface area contributed by atoms with Gasteiger partial charge in [0.05, 0.1) is 12.6 Å². The van der Waals surface area contributed by atoms with Crippen molar-refractivity contribution in [3.05, 3.63) is 35.9 Å². The van der Waals surface area contributed by atoms with E-state index in [9.17, 15) is 13.6 Å². The number of amides is 1. The number of benzene rings is 1. The number of primary amides is 1. The molecule has 23 heavy (non-hydrogen) atoms. The molecule has 0 aliphatic carbocycles. The van der Waals surface area contributed by atoms with E-state index in [0.29, 0.717) is 12.8 Å². The highest BCUT2D eigenvalue weighted by Gasteiger charge is 2.26. The molecule has 1 saturated heterocycles. The topological polar surface area (TPSA) is 58.4 Å². The van der Waals surface area contributed by atoms with Gasteiger partial charge in [-0.05, 0) is 31.2 Å². The average molecular weight is 325 g/mol. The molecule has 6 heteroatoms. The van der Waals surface area contributed by atoms with Crippen LogP contribution < -0.4 is 11.1 Å². The van der Waals surface area contributed by atoms with E-state index in [4.69, 9.17) is 5.73 Å². The molecule has 1 aliphatic rings. The summed E-state index contributed by atoms with van der Waals surface area (Å²) in [6.45, 7) is 1.68. The zero-order valence-corrected chi connectivity index (χ0v) is 13.3. The monoisotopic (exact) mass is 325 g/mol. The number of nitrogens with one attached hydrogen (secondary N) is 1. The SMILES string of the molecule is NC(=O)CN1CCC(N[C@@H](CCc2ccccc2)C(F)F)CC1. The van der Waals surface area contributed by atoms with Crippen molar-refractivity contribution in [3.63, 3.8) is 0 Å². The van der Waals surface area contributed by atoms with Gasteiger partial charge in [0, 0.05) is 19.1 Å². The van der Waals surface area contributed by atoms with Crippen molar-refractivity contribution >= 4 is 5.91 Å². The number of piperidine rings is 1. The number of rotatable bonds is 8. The number of carbonyl (C=O) groups is 1. The number of aryl methyl sites for hydroxylation is 1. The summed E-state index contributed by atoms with van der Waals surface area (Å²) in [4.78, 5) is 12.9. The number of hydrogen-bond acceptors (Lipinski definition) is 3. The van der Waals surface area contributed by atoms with Crippen molar-refractivity contribution in [2.45, 2.75) is 44.2 Å². The largest absolute Gasteiger partial charge is 0.369 e. The first-order valence-electron chi connectivity index (χ1n) is 8.13. The smallest absolute Gasteiger partial charge is 0.253 e. The molecule has 3 N–H and O–H groups in total. The molecular formula is C17H25F2N3O. The first-order valence-corrected chi connectivity index (χ1v) is 8.13. The Balaban J connectivity index is 1.77. The van der Waals surface area contributed by atoms with Crippen LogP contribution in [0.4, 0.5) is 8.78 Å². The Hall–Kier alpha value is -1.53. The van der Waals surface area contributed by atoms with Gasteiger partial charge < -0.3 is 11.1 Å². The molecule has 1 aliphatic heterocycles. The van der Waals surface area contributed by atoms with Crippen molar-refractivity contribution in [2.24, 2.45) is 5.73 Å². The van der Waals surface area contributed by atoms with Crippen LogP contribution in [0.15, 0.2) is 30.3 Å². The van der Waals surface area contributed by atoms with E-state index in [-0.39, 0.29) is 18.5 Å². The molecule has 1 fully saturated rings. The summed E-state index contributed by atoms with van der Waals surface area (Å²) in [5.74, 6) is -0.343. The lowest BCUT2D eigenvalue weighted by atomic mass is 10.0. The second-order valence-electron chi connectivity index (χ2n) is 6.15. The molecule has 0 spiro atoms. The van der Waals surface area contributed by atoms with E-state index in [1.54, 1.807) is 0 Å². The molecule has 0 unspecified atom stereocenters. The maximum atomic E-state index is 13.3. The van der Waals surface area contributed by atoms with Gasteiger partial charge in [0.15, 0.2) is 0 Å². The summed E-state index contributed by atoms with van der Waals surface area (Å²) in [5.41, 5.74) is 6.26. The number of likely N-dealkylation sites (tertiary alicyclic amines) is 1. The number of nitrogens with two attached hydrogens (primary N) is 1. The van der Waals surface area contributed by atoms with Crippen molar-refractivity contribution in [1.29, 1.82) is 0 Å². The predicted octanol–water partition coefficient (Wildman–Crippen LogP) is 1.79. The van der Waals surface area contributed by atoms with Crippen LogP contribution in [-0.4, -0.2) is 49.0 Å². The predicted molar refractivity (Wildman–Crippen MR) is 86.3 cm³/mol.